The highest BCUT2D eigenvalue weighted by atomic mass is 19.3. The number of hydrogen-bond acceptors (Lipinski definition) is 5. The molecule has 0 amide bonds. The summed E-state index contributed by atoms with van der Waals surface area (Å²) in [6.45, 7) is 6.99. The van der Waals surface area contributed by atoms with Crippen molar-refractivity contribution in [2.75, 3.05) is 13.2 Å². The summed E-state index contributed by atoms with van der Waals surface area (Å²) in [5.41, 5.74) is -0.429. The molecule has 2 rings (SSSR count). The Morgan fingerprint density at radius 2 is 1.42 bits per heavy atom. The van der Waals surface area contributed by atoms with E-state index in [9.17, 15) is 27.2 Å². The highest BCUT2D eigenvalue weighted by molar-refractivity contribution is 5.81. The van der Waals surface area contributed by atoms with Crippen LogP contribution in [-0.2, 0) is 38.0 Å². The molecule has 0 spiro atoms. The number of aryl methyl sites for hydroxylation is 1. The Balaban J connectivity index is 1.89. The maximum atomic E-state index is 14.7. The van der Waals surface area contributed by atoms with E-state index in [0.29, 0.717) is 32.1 Å². The van der Waals surface area contributed by atoms with Crippen molar-refractivity contribution < 1.29 is 41.4 Å². The summed E-state index contributed by atoms with van der Waals surface area (Å²) >= 11 is 0. The van der Waals surface area contributed by atoms with Gasteiger partial charge >= 0.3 is 18.0 Å². The van der Waals surface area contributed by atoms with Gasteiger partial charge in [0.25, 0.3) is 0 Å². The molecule has 0 fully saturated rings. The zero-order chi connectivity index (χ0) is 28.0. The van der Waals surface area contributed by atoms with E-state index < -0.39 is 35.2 Å². The Labute approximate surface area is 219 Å². The van der Waals surface area contributed by atoms with Crippen molar-refractivity contribution in [2.24, 2.45) is 0 Å². The second-order valence-corrected chi connectivity index (χ2v) is 8.22. The first kappa shape index (κ1) is 30.3. The lowest BCUT2D eigenvalue weighted by Crippen LogP contribution is -2.25. The van der Waals surface area contributed by atoms with Gasteiger partial charge in [-0.15, -0.1) is 0 Å². The first-order chi connectivity index (χ1) is 18.2. The van der Waals surface area contributed by atoms with E-state index in [1.807, 2.05) is 12.2 Å². The molecule has 0 heterocycles. The Bertz CT molecular complexity index is 1100. The zero-order valence-corrected chi connectivity index (χ0v) is 20.9. The van der Waals surface area contributed by atoms with Crippen LogP contribution in [0.25, 0.3) is 0 Å². The predicted molar refractivity (Wildman–Crippen MR) is 135 cm³/mol. The van der Waals surface area contributed by atoms with E-state index in [0.717, 1.165) is 29.8 Å². The average molecular weight is 535 g/mol. The standard InChI is InChI=1S/C29H30F4O5/c1-3-26(34)36-17-9-5-7-11-21-13-15-23(16-14-21)38-29(32,33)28-24(30)19-22(20-25(28)31)12-8-6-10-18-37-27(35)4-2/h3-5,7,13-16,19-20H,1-2,6,8-12,17-18H2/b7-5+. The molecule has 0 bridgehead atoms. The maximum absolute atomic E-state index is 14.7. The van der Waals surface area contributed by atoms with Crippen molar-refractivity contribution in [3.8, 4) is 5.75 Å². The third-order valence-electron chi connectivity index (χ3n) is 5.30. The second kappa shape index (κ2) is 15.4. The van der Waals surface area contributed by atoms with Gasteiger partial charge in [0.2, 0.25) is 0 Å². The number of halogens is 4. The van der Waals surface area contributed by atoms with Gasteiger partial charge in [-0.25, -0.2) is 18.4 Å². The monoisotopic (exact) mass is 534 g/mol. The fraction of sp³-hybridized carbons (Fsp3) is 0.310. The third kappa shape index (κ3) is 10.2. The van der Waals surface area contributed by atoms with Gasteiger partial charge in [-0.05, 0) is 73.9 Å². The highest BCUT2D eigenvalue weighted by Gasteiger charge is 2.41. The van der Waals surface area contributed by atoms with Gasteiger partial charge in [-0.1, -0.05) is 37.4 Å². The molecule has 0 saturated carbocycles. The van der Waals surface area contributed by atoms with E-state index in [1.165, 1.54) is 12.1 Å². The normalized spacial score (nSPS) is 11.3. The summed E-state index contributed by atoms with van der Waals surface area (Å²) in [5, 5.41) is 0. The van der Waals surface area contributed by atoms with Crippen LogP contribution in [-0.4, -0.2) is 25.2 Å². The van der Waals surface area contributed by atoms with Crippen LogP contribution < -0.4 is 4.74 Å². The van der Waals surface area contributed by atoms with Gasteiger partial charge in [-0.2, -0.15) is 8.78 Å². The van der Waals surface area contributed by atoms with Gasteiger partial charge in [-0.3, -0.25) is 0 Å². The molecule has 0 atom stereocenters. The van der Waals surface area contributed by atoms with Crippen LogP contribution >= 0.6 is 0 Å². The molecule has 5 nitrogen and oxygen atoms in total. The van der Waals surface area contributed by atoms with Crippen LogP contribution in [0.3, 0.4) is 0 Å². The first-order valence-corrected chi connectivity index (χ1v) is 12.0. The van der Waals surface area contributed by atoms with Crippen LogP contribution in [0.2, 0.25) is 0 Å². The fourth-order valence-electron chi connectivity index (χ4n) is 3.40. The Hall–Kier alpha value is -3.88. The summed E-state index contributed by atoms with van der Waals surface area (Å²) in [6, 6.07) is 7.45. The van der Waals surface area contributed by atoms with Gasteiger partial charge in [0, 0.05) is 12.2 Å². The summed E-state index contributed by atoms with van der Waals surface area (Å²) in [6.07, 6.45) is 4.51. The molecule has 0 saturated heterocycles. The lowest BCUT2D eigenvalue weighted by molar-refractivity contribution is -0.189. The number of carbonyl (C=O) groups is 2. The zero-order valence-electron chi connectivity index (χ0n) is 20.9. The molecule has 2 aromatic rings. The van der Waals surface area contributed by atoms with Crippen LogP contribution in [0.4, 0.5) is 17.6 Å². The minimum absolute atomic E-state index is 0.197. The third-order valence-corrected chi connectivity index (χ3v) is 5.30. The smallest absolute Gasteiger partial charge is 0.432 e. The molecule has 2 aromatic carbocycles. The van der Waals surface area contributed by atoms with Crippen molar-refractivity contribution in [3.05, 3.63) is 102 Å². The van der Waals surface area contributed by atoms with E-state index in [4.69, 9.17) is 9.47 Å². The molecule has 0 unspecified atom stereocenters. The van der Waals surface area contributed by atoms with Gasteiger partial charge in [0.05, 0.1) is 13.2 Å². The van der Waals surface area contributed by atoms with Crippen LogP contribution in [0.1, 0.15) is 42.4 Å². The molecule has 0 N–H and O–H groups in total. The first-order valence-electron chi connectivity index (χ1n) is 12.0. The minimum Gasteiger partial charge on any atom is -0.463 e. The molecule has 9 heteroatoms. The number of esters is 2. The molecule has 0 aromatic heterocycles. The lowest BCUT2D eigenvalue weighted by Gasteiger charge is -2.20. The topological polar surface area (TPSA) is 61.8 Å². The average Bonchev–Trinajstić information content (AvgIpc) is 2.87. The number of ether oxygens (including phenoxy) is 3. The van der Waals surface area contributed by atoms with E-state index >= 15 is 0 Å². The van der Waals surface area contributed by atoms with E-state index in [-0.39, 0.29) is 30.9 Å². The molecule has 204 valence electrons. The van der Waals surface area contributed by atoms with Gasteiger partial charge in [0.15, 0.2) is 0 Å². The molecule has 0 aliphatic carbocycles. The molecule has 0 aliphatic heterocycles. The molecule has 0 radical (unpaired) electrons. The Morgan fingerprint density at radius 1 is 0.816 bits per heavy atom. The number of carbonyl (C=O) groups excluding carboxylic acids is 2. The molecule has 38 heavy (non-hydrogen) atoms. The SMILES string of the molecule is C=CC(=O)OCC/C=C/Cc1ccc(OC(F)(F)c2c(F)cc(CCCCCOC(=O)C=C)cc2F)cc1. The highest BCUT2D eigenvalue weighted by Crippen LogP contribution is 2.35. The van der Waals surface area contributed by atoms with E-state index in [2.05, 4.69) is 17.9 Å². The molecular formula is C29H30F4O5. The summed E-state index contributed by atoms with van der Waals surface area (Å²) in [5.74, 6) is -4.08. The van der Waals surface area contributed by atoms with Crippen molar-refractivity contribution in [2.45, 2.75) is 44.6 Å². The number of unbranched alkanes of at least 4 members (excludes halogenated alkanes) is 2. The number of allylic oxidation sites excluding steroid dienone is 1. The summed E-state index contributed by atoms with van der Waals surface area (Å²) in [4.78, 5) is 21.9. The fourth-order valence-corrected chi connectivity index (χ4v) is 3.40. The van der Waals surface area contributed by atoms with Crippen molar-refractivity contribution >= 4 is 11.9 Å². The largest absolute Gasteiger partial charge is 0.463 e. The number of rotatable bonds is 16. The Morgan fingerprint density at radius 3 is 2.03 bits per heavy atom. The quantitative estimate of drug-likeness (QED) is 0.0784. The number of benzene rings is 2. The summed E-state index contributed by atoms with van der Waals surface area (Å²) < 4.78 is 72.7. The number of alkyl halides is 2. The lowest BCUT2D eigenvalue weighted by atomic mass is 10.0. The predicted octanol–water partition coefficient (Wildman–Crippen LogP) is 6.75. The van der Waals surface area contributed by atoms with Gasteiger partial charge in [0.1, 0.15) is 22.9 Å². The van der Waals surface area contributed by atoms with Crippen LogP contribution in [0.15, 0.2) is 73.9 Å². The van der Waals surface area contributed by atoms with Crippen molar-refractivity contribution in [1.29, 1.82) is 0 Å². The van der Waals surface area contributed by atoms with Crippen molar-refractivity contribution in [3.63, 3.8) is 0 Å². The van der Waals surface area contributed by atoms with E-state index in [1.54, 1.807) is 12.1 Å². The minimum atomic E-state index is -4.23. The van der Waals surface area contributed by atoms with Crippen molar-refractivity contribution in [1.82, 2.24) is 0 Å². The van der Waals surface area contributed by atoms with Crippen LogP contribution in [0, 0.1) is 11.6 Å². The number of hydrogen-bond donors (Lipinski definition) is 0. The van der Waals surface area contributed by atoms with Gasteiger partial charge < -0.3 is 14.2 Å². The van der Waals surface area contributed by atoms with Crippen LogP contribution in [0.5, 0.6) is 5.75 Å². The second-order valence-electron chi connectivity index (χ2n) is 8.22. The summed E-state index contributed by atoms with van der Waals surface area (Å²) in [7, 11) is 0. The molecule has 0 aliphatic rings. The Kier molecular flexibility index (Phi) is 12.3. The maximum Gasteiger partial charge on any atom is 0.432 e. The molecular weight excluding hydrogens is 504 g/mol.